The SMILES string of the molecule is NC(=O)[C@@H](Cc1ccccc1C(F)(F)F)NC(=O)c1ccccc1C(F)(F)F. The number of nitrogens with two attached hydrogens (primary N) is 1. The van der Waals surface area contributed by atoms with Gasteiger partial charge in [0.25, 0.3) is 5.91 Å². The summed E-state index contributed by atoms with van der Waals surface area (Å²) in [6.07, 6.45) is -10.2. The van der Waals surface area contributed by atoms with E-state index >= 15 is 0 Å². The molecule has 0 bridgehead atoms. The van der Waals surface area contributed by atoms with Crippen LogP contribution < -0.4 is 11.1 Å². The first kappa shape index (κ1) is 21.3. The third kappa shape index (κ3) is 5.02. The van der Waals surface area contributed by atoms with Gasteiger partial charge in [0.15, 0.2) is 0 Å². The molecule has 0 aromatic heterocycles. The van der Waals surface area contributed by atoms with Gasteiger partial charge in [-0.1, -0.05) is 30.3 Å². The van der Waals surface area contributed by atoms with Crippen LogP contribution in [0.5, 0.6) is 0 Å². The fraction of sp³-hybridized carbons (Fsp3) is 0.222. The van der Waals surface area contributed by atoms with E-state index < -0.39 is 53.3 Å². The van der Waals surface area contributed by atoms with Gasteiger partial charge in [0.05, 0.1) is 16.7 Å². The summed E-state index contributed by atoms with van der Waals surface area (Å²) in [5, 5.41) is 1.99. The maximum atomic E-state index is 13.1. The van der Waals surface area contributed by atoms with Gasteiger partial charge in [-0.25, -0.2) is 0 Å². The highest BCUT2D eigenvalue weighted by molar-refractivity contribution is 5.98. The van der Waals surface area contributed by atoms with Gasteiger partial charge in [0, 0.05) is 6.42 Å². The maximum Gasteiger partial charge on any atom is 0.417 e. The van der Waals surface area contributed by atoms with Gasteiger partial charge in [-0.05, 0) is 23.8 Å². The lowest BCUT2D eigenvalue weighted by molar-refractivity contribution is -0.139. The van der Waals surface area contributed by atoms with Crippen LogP contribution in [-0.4, -0.2) is 17.9 Å². The Balaban J connectivity index is 2.31. The Morgan fingerprint density at radius 2 is 1.36 bits per heavy atom. The zero-order valence-electron chi connectivity index (χ0n) is 14.1. The first-order valence-corrected chi connectivity index (χ1v) is 7.82. The zero-order valence-corrected chi connectivity index (χ0v) is 14.1. The molecular weight excluding hydrogens is 390 g/mol. The Bertz CT molecular complexity index is 877. The summed E-state index contributed by atoms with van der Waals surface area (Å²) in [6, 6.07) is 6.49. The molecule has 0 radical (unpaired) electrons. The van der Waals surface area contributed by atoms with Gasteiger partial charge in [0.2, 0.25) is 5.91 Å². The van der Waals surface area contributed by atoms with Gasteiger partial charge in [-0.15, -0.1) is 0 Å². The van der Waals surface area contributed by atoms with Crippen LogP contribution in [0, 0.1) is 0 Å². The molecule has 28 heavy (non-hydrogen) atoms. The van der Waals surface area contributed by atoms with Crippen molar-refractivity contribution in [2.75, 3.05) is 0 Å². The molecule has 0 aliphatic heterocycles. The molecule has 2 aromatic carbocycles. The summed E-state index contributed by atoms with van der Waals surface area (Å²) in [5.41, 5.74) is 1.75. The Hall–Kier alpha value is -3.04. The number of nitrogens with one attached hydrogen (secondary N) is 1. The number of hydrogen-bond acceptors (Lipinski definition) is 2. The fourth-order valence-corrected chi connectivity index (χ4v) is 2.58. The lowest BCUT2D eigenvalue weighted by atomic mass is 9.98. The first-order valence-electron chi connectivity index (χ1n) is 7.82. The topological polar surface area (TPSA) is 72.2 Å². The molecule has 4 nitrogen and oxygen atoms in total. The molecule has 2 amide bonds. The van der Waals surface area contributed by atoms with Crippen LogP contribution in [0.4, 0.5) is 26.3 Å². The number of carbonyl (C=O) groups excluding carboxylic acids is 2. The van der Waals surface area contributed by atoms with Crippen LogP contribution in [0.2, 0.25) is 0 Å². The third-order valence-corrected chi connectivity index (χ3v) is 3.87. The lowest BCUT2D eigenvalue weighted by Gasteiger charge is -2.20. The van der Waals surface area contributed by atoms with E-state index in [1.54, 1.807) is 0 Å². The summed E-state index contributed by atoms with van der Waals surface area (Å²) in [7, 11) is 0. The molecule has 0 unspecified atom stereocenters. The average Bonchev–Trinajstić information content (AvgIpc) is 2.59. The van der Waals surface area contributed by atoms with E-state index in [9.17, 15) is 35.9 Å². The first-order chi connectivity index (χ1) is 12.9. The van der Waals surface area contributed by atoms with Crippen LogP contribution >= 0.6 is 0 Å². The van der Waals surface area contributed by atoms with E-state index in [1.165, 1.54) is 12.1 Å². The molecule has 0 fully saturated rings. The standard InChI is InChI=1S/C18H14F6N2O2/c19-17(20,21)12-7-3-1-5-10(12)9-14(15(25)27)26-16(28)11-6-2-4-8-13(11)18(22,23)24/h1-8,14H,9H2,(H2,25,27)(H,26,28)/t14-/m1/s1. The Labute approximate surface area is 155 Å². The molecule has 0 saturated heterocycles. The van der Waals surface area contributed by atoms with Crippen molar-refractivity contribution in [3.05, 3.63) is 70.8 Å². The van der Waals surface area contributed by atoms with E-state index in [0.717, 1.165) is 30.3 Å². The number of rotatable bonds is 5. The van der Waals surface area contributed by atoms with Crippen molar-refractivity contribution >= 4 is 11.8 Å². The fourth-order valence-electron chi connectivity index (χ4n) is 2.58. The smallest absolute Gasteiger partial charge is 0.368 e. The van der Waals surface area contributed by atoms with Crippen LogP contribution in [0.25, 0.3) is 0 Å². The predicted octanol–water partition coefficient (Wildman–Crippen LogP) is 3.55. The summed E-state index contributed by atoms with van der Waals surface area (Å²) >= 11 is 0. The van der Waals surface area contributed by atoms with Crippen molar-refractivity contribution < 1.29 is 35.9 Å². The molecule has 0 spiro atoms. The summed E-state index contributed by atoms with van der Waals surface area (Å²) in [4.78, 5) is 23.9. The molecule has 2 aromatic rings. The minimum absolute atomic E-state index is 0.330. The molecule has 2 rings (SSSR count). The monoisotopic (exact) mass is 404 g/mol. The largest absolute Gasteiger partial charge is 0.417 e. The Kier molecular flexibility index (Phi) is 6.01. The summed E-state index contributed by atoms with van der Waals surface area (Å²) < 4.78 is 78.4. The lowest BCUT2D eigenvalue weighted by Crippen LogP contribution is -2.46. The minimum atomic E-state index is -4.83. The molecule has 0 aliphatic carbocycles. The molecule has 0 saturated carbocycles. The van der Waals surface area contributed by atoms with Gasteiger partial charge in [-0.3, -0.25) is 9.59 Å². The van der Waals surface area contributed by atoms with Crippen molar-refractivity contribution in [1.82, 2.24) is 5.32 Å². The Morgan fingerprint density at radius 3 is 1.89 bits per heavy atom. The molecule has 0 aliphatic rings. The quantitative estimate of drug-likeness (QED) is 0.749. The van der Waals surface area contributed by atoms with Gasteiger partial charge >= 0.3 is 12.4 Å². The van der Waals surface area contributed by atoms with Crippen LogP contribution in [0.1, 0.15) is 27.0 Å². The molecule has 0 heterocycles. The van der Waals surface area contributed by atoms with Crippen molar-refractivity contribution in [2.24, 2.45) is 5.73 Å². The number of benzene rings is 2. The third-order valence-electron chi connectivity index (χ3n) is 3.87. The molecule has 3 N–H and O–H groups in total. The summed E-state index contributed by atoms with van der Waals surface area (Å²) in [6.45, 7) is 0. The second kappa shape index (κ2) is 7.91. The van der Waals surface area contributed by atoms with E-state index in [1.807, 2.05) is 5.32 Å². The van der Waals surface area contributed by atoms with Crippen LogP contribution in [0.3, 0.4) is 0 Å². The molecule has 1 atom stereocenters. The second-order valence-corrected chi connectivity index (χ2v) is 5.83. The van der Waals surface area contributed by atoms with E-state index in [0.29, 0.717) is 6.07 Å². The van der Waals surface area contributed by atoms with Gasteiger partial charge in [0.1, 0.15) is 6.04 Å². The van der Waals surface area contributed by atoms with Crippen LogP contribution in [0.15, 0.2) is 48.5 Å². The number of amides is 2. The van der Waals surface area contributed by atoms with Gasteiger partial charge in [-0.2, -0.15) is 26.3 Å². The summed E-state index contributed by atoms with van der Waals surface area (Å²) in [5.74, 6) is -2.46. The number of carbonyl (C=O) groups is 2. The predicted molar refractivity (Wildman–Crippen MR) is 87.0 cm³/mol. The molecule has 150 valence electrons. The van der Waals surface area contributed by atoms with Crippen molar-refractivity contribution in [3.8, 4) is 0 Å². The number of hydrogen-bond donors (Lipinski definition) is 2. The highest BCUT2D eigenvalue weighted by Gasteiger charge is 2.36. The highest BCUT2D eigenvalue weighted by Crippen LogP contribution is 2.33. The van der Waals surface area contributed by atoms with Crippen molar-refractivity contribution in [3.63, 3.8) is 0 Å². The van der Waals surface area contributed by atoms with Crippen LogP contribution in [-0.2, 0) is 23.6 Å². The zero-order chi connectivity index (χ0) is 21.1. The second-order valence-electron chi connectivity index (χ2n) is 5.83. The Morgan fingerprint density at radius 1 is 0.857 bits per heavy atom. The maximum absolute atomic E-state index is 13.1. The van der Waals surface area contributed by atoms with Gasteiger partial charge < -0.3 is 11.1 Å². The van der Waals surface area contributed by atoms with Crippen molar-refractivity contribution in [1.29, 1.82) is 0 Å². The number of alkyl halides is 6. The number of primary amides is 1. The normalized spacial score (nSPS) is 13.1. The van der Waals surface area contributed by atoms with Crippen molar-refractivity contribution in [2.45, 2.75) is 24.8 Å². The minimum Gasteiger partial charge on any atom is -0.368 e. The molecular formula is C18H14F6N2O2. The number of halogens is 6. The van der Waals surface area contributed by atoms with E-state index in [4.69, 9.17) is 5.73 Å². The molecule has 10 heteroatoms. The van der Waals surface area contributed by atoms with E-state index in [2.05, 4.69) is 0 Å². The highest BCUT2D eigenvalue weighted by atomic mass is 19.4. The average molecular weight is 404 g/mol. The van der Waals surface area contributed by atoms with E-state index in [-0.39, 0.29) is 5.56 Å².